The maximum atomic E-state index is 13.4. The molecule has 3 rings (SSSR count). The number of ether oxygens (including phenoxy) is 1. The summed E-state index contributed by atoms with van der Waals surface area (Å²) >= 11 is 0. The lowest BCUT2D eigenvalue weighted by molar-refractivity contribution is 0.0143. The van der Waals surface area contributed by atoms with Crippen molar-refractivity contribution in [2.24, 2.45) is 5.92 Å². The number of morpholine rings is 1. The Labute approximate surface area is 129 Å². The van der Waals surface area contributed by atoms with Crippen molar-refractivity contribution in [2.75, 3.05) is 13.2 Å². The van der Waals surface area contributed by atoms with Crippen LogP contribution in [0.4, 0.5) is 8.78 Å². The monoisotopic (exact) mass is 327 g/mol. The summed E-state index contributed by atoms with van der Waals surface area (Å²) in [5, 5.41) is 0. The number of benzene rings is 1. The first-order valence-electron chi connectivity index (χ1n) is 7.21. The highest BCUT2D eigenvalue weighted by Crippen LogP contribution is 2.37. The maximum Gasteiger partial charge on any atom is 0.243 e. The molecule has 1 saturated carbocycles. The number of sulfonamides is 1. The van der Waals surface area contributed by atoms with Gasteiger partial charge in [0.1, 0.15) is 11.6 Å². The van der Waals surface area contributed by atoms with Crippen LogP contribution in [0.25, 0.3) is 0 Å². The van der Waals surface area contributed by atoms with Crippen molar-refractivity contribution in [3.63, 3.8) is 0 Å². The molecule has 0 unspecified atom stereocenters. The summed E-state index contributed by atoms with van der Waals surface area (Å²) in [6.45, 7) is 0.319. The Kier molecular flexibility index (Phi) is 4.26. The van der Waals surface area contributed by atoms with Gasteiger partial charge in [-0.05, 0) is 24.5 Å². The zero-order valence-corrected chi connectivity index (χ0v) is 12.7. The maximum absolute atomic E-state index is 13.4. The summed E-state index contributed by atoms with van der Waals surface area (Å²) in [6.07, 6.45) is 2.78. The Morgan fingerprint density at radius 1 is 1.18 bits per heavy atom. The van der Waals surface area contributed by atoms with Gasteiger partial charge in [0.25, 0.3) is 0 Å². The largest absolute Gasteiger partial charge is 0.379 e. The molecule has 0 aromatic heterocycles. The standard InChI is InChI=1S/C14H16BF2NO3S/c15-14-8-21-7-12(3-9-1-2-9)18(14)22(19,20)13-5-10(16)4-11(17)6-13/h4-6,9,12,14H,1-3,7-8H2/t12-,14-/m1/s1. The summed E-state index contributed by atoms with van der Waals surface area (Å²) < 4.78 is 58.8. The summed E-state index contributed by atoms with van der Waals surface area (Å²) in [5.41, 5.74) is 0. The van der Waals surface area contributed by atoms with Crippen LogP contribution in [0.1, 0.15) is 19.3 Å². The van der Waals surface area contributed by atoms with E-state index in [-0.39, 0.29) is 13.2 Å². The first-order valence-corrected chi connectivity index (χ1v) is 8.65. The third-order valence-electron chi connectivity index (χ3n) is 4.00. The summed E-state index contributed by atoms with van der Waals surface area (Å²) in [7, 11) is 1.82. The second-order valence-corrected chi connectivity index (χ2v) is 7.72. The van der Waals surface area contributed by atoms with Gasteiger partial charge >= 0.3 is 0 Å². The first kappa shape index (κ1) is 15.9. The molecule has 1 saturated heterocycles. The van der Waals surface area contributed by atoms with Crippen LogP contribution in [-0.2, 0) is 14.8 Å². The molecule has 1 aromatic rings. The van der Waals surface area contributed by atoms with Gasteiger partial charge in [-0.15, -0.1) is 0 Å². The van der Waals surface area contributed by atoms with E-state index < -0.39 is 38.5 Å². The highest BCUT2D eigenvalue weighted by molar-refractivity contribution is 7.89. The molecule has 1 aliphatic carbocycles. The molecule has 1 aliphatic heterocycles. The second kappa shape index (κ2) is 5.90. The van der Waals surface area contributed by atoms with Gasteiger partial charge in [-0.25, -0.2) is 17.2 Å². The summed E-state index contributed by atoms with van der Waals surface area (Å²) in [6, 6.07) is 1.87. The van der Waals surface area contributed by atoms with E-state index in [0.717, 1.165) is 29.3 Å². The van der Waals surface area contributed by atoms with Crippen LogP contribution in [0.15, 0.2) is 23.1 Å². The van der Waals surface area contributed by atoms with Crippen molar-refractivity contribution < 1.29 is 21.9 Å². The third kappa shape index (κ3) is 3.19. The van der Waals surface area contributed by atoms with Crippen molar-refractivity contribution >= 4 is 17.9 Å². The van der Waals surface area contributed by atoms with Gasteiger partial charge in [0, 0.05) is 18.0 Å². The Bertz CT molecular complexity index is 646. The molecule has 0 spiro atoms. The molecule has 2 atom stereocenters. The minimum absolute atomic E-state index is 0.0677. The minimum atomic E-state index is -4.07. The average Bonchev–Trinajstić information content (AvgIpc) is 3.21. The van der Waals surface area contributed by atoms with Crippen molar-refractivity contribution in [1.29, 1.82) is 0 Å². The number of halogens is 2. The average molecular weight is 327 g/mol. The van der Waals surface area contributed by atoms with E-state index in [9.17, 15) is 17.2 Å². The van der Waals surface area contributed by atoms with Crippen LogP contribution in [0.2, 0.25) is 0 Å². The molecule has 8 heteroatoms. The van der Waals surface area contributed by atoms with Crippen molar-refractivity contribution in [2.45, 2.75) is 36.1 Å². The van der Waals surface area contributed by atoms with Crippen LogP contribution in [0, 0.1) is 17.6 Å². The summed E-state index contributed by atoms with van der Waals surface area (Å²) in [4.78, 5) is -0.414. The van der Waals surface area contributed by atoms with Crippen LogP contribution < -0.4 is 0 Å². The topological polar surface area (TPSA) is 46.6 Å². The normalized spacial score (nSPS) is 27.0. The minimum Gasteiger partial charge on any atom is -0.379 e. The van der Waals surface area contributed by atoms with Crippen LogP contribution in [0.5, 0.6) is 0 Å². The van der Waals surface area contributed by atoms with Crippen molar-refractivity contribution in [1.82, 2.24) is 4.31 Å². The third-order valence-corrected chi connectivity index (χ3v) is 5.95. The fourth-order valence-electron chi connectivity index (χ4n) is 2.83. The Morgan fingerprint density at radius 3 is 2.41 bits per heavy atom. The van der Waals surface area contributed by atoms with Crippen LogP contribution in [0.3, 0.4) is 0 Å². The molecule has 118 valence electrons. The predicted molar refractivity (Wildman–Crippen MR) is 76.9 cm³/mol. The zero-order valence-electron chi connectivity index (χ0n) is 11.9. The molecule has 2 fully saturated rings. The van der Waals surface area contributed by atoms with E-state index in [1.165, 1.54) is 0 Å². The quantitative estimate of drug-likeness (QED) is 0.790. The number of hydrogen-bond donors (Lipinski definition) is 0. The van der Waals surface area contributed by atoms with E-state index in [1.54, 1.807) is 0 Å². The molecule has 0 N–H and O–H groups in total. The molecule has 0 amide bonds. The predicted octanol–water partition coefficient (Wildman–Crippen LogP) is 1.65. The van der Waals surface area contributed by atoms with Gasteiger partial charge in [0.15, 0.2) is 0 Å². The fourth-order valence-corrected chi connectivity index (χ4v) is 4.55. The van der Waals surface area contributed by atoms with Gasteiger partial charge < -0.3 is 4.74 Å². The molecule has 0 bridgehead atoms. The summed E-state index contributed by atoms with van der Waals surface area (Å²) in [5.74, 6) is -2.24. The number of nitrogens with zero attached hydrogens (tertiary/aromatic N) is 1. The van der Waals surface area contributed by atoms with Crippen LogP contribution in [-0.4, -0.2) is 45.8 Å². The zero-order chi connectivity index (χ0) is 15.9. The molecule has 1 aromatic carbocycles. The lowest BCUT2D eigenvalue weighted by Gasteiger charge is -2.39. The molecular weight excluding hydrogens is 311 g/mol. The van der Waals surface area contributed by atoms with Crippen molar-refractivity contribution in [3.8, 4) is 0 Å². The SMILES string of the molecule is [B][C@H]1COC[C@@H](CC2CC2)N1S(=O)(=O)c1cc(F)cc(F)c1. The van der Waals surface area contributed by atoms with Gasteiger partial charge in [0.2, 0.25) is 10.0 Å². The van der Waals surface area contributed by atoms with E-state index in [2.05, 4.69) is 0 Å². The van der Waals surface area contributed by atoms with Crippen LogP contribution >= 0.6 is 0 Å². The van der Waals surface area contributed by atoms with E-state index in [1.807, 2.05) is 0 Å². The first-order chi connectivity index (χ1) is 10.4. The second-order valence-electron chi connectivity index (χ2n) is 5.88. The van der Waals surface area contributed by atoms with Gasteiger partial charge in [-0.1, -0.05) is 12.8 Å². The lowest BCUT2D eigenvalue weighted by atomic mass is 9.94. The number of rotatable bonds is 4. The fraction of sp³-hybridized carbons (Fsp3) is 0.571. The molecule has 4 nitrogen and oxygen atoms in total. The smallest absolute Gasteiger partial charge is 0.243 e. The van der Waals surface area contributed by atoms with Gasteiger partial charge in [-0.3, -0.25) is 0 Å². The molecule has 2 aliphatic rings. The van der Waals surface area contributed by atoms with E-state index >= 15 is 0 Å². The van der Waals surface area contributed by atoms with E-state index in [4.69, 9.17) is 12.6 Å². The van der Waals surface area contributed by atoms with Gasteiger partial charge in [-0.2, -0.15) is 4.31 Å². The van der Waals surface area contributed by atoms with E-state index in [0.29, 0.717) is 18.4 Å². The molecule has 1 heterocycles. The highest BCUT2D eigenvalue weighted by Gasteiger charge is 2.40. The number of hydrogen-bond acceptors (Lipinski definition) is 3. The Morgan fingerprint density at radius 2 is 1.82 bits per heavy atom. The van der Waals surface area contributed by atoms with Crippen molar-refractivity contribution in [3.05, 3.63) is 29.8 Å². The Hall–Kier alpha value is -0.985. The lowest BCUT2D eigenvalue weighted by Crippen LogP contribution is -2.55. The highest BCUT2D eigenvalue weighted by atomic mass is 32.2. The molecule has 2 radical (unpaired) electrons. The molecule has 22 heavy (non-hydrogen) atoms. The Balaban J connectivity index is 1.95. The molecular formula is C14H16BF2NO3S. The van der Waals surface area contributed by atoms with Gasteiger partial charge in [0.05, 0.1) is 26.0 Å².